The fraction of sp³-hybridized carbons (Fsp3) is 0.231. The average molecular weight is 480 g/mol. The molecule has 178 valence electrons. The van der Waals surface area contributed by atoms with E-state index in [1.54, 1.807) is 60.7 Å². The number of anilines is 2. The molecule has 0 saturated heterocycles. The molecule has 8 heteroatoms. The van der Waals surface area contributed by atoms with Gasteiger partial charge in [0, 0.05) is 12.6 Å². The van der Waals surface area contributed by atoms with Crippen LogP contribution in [0.15, 0.2) is 77.7 Å². The van der Waals surface area contributed by atoms with Gasteiger partial charge in [0.2, 0.25) is 0 Å². The first kappa shape index (κ1) is 25.0. The minimum atomic E-state index is -3.89. The highest BCUT2D eigenvalue weighted by atomic mass is 32.2. The first-order valence-electron chi connectivity index (χ1n) is 10.8. The molecular weight excluding hydrogens is 450 g/mol. The van der Waals surface area contributed by atoms with E-state index in [-0.39, 0.29) is 22.1 Å². The van der Waals surface area contributed by atoms with E-state index < -0.39 is 21.5 Å². The Bertz CT molecular complexity index is 1310. The molecule has 3 aromatic rings. The van der Waals surface area contributed by atoms with Crippen LogP contribution in [0.1, 0.15) is 47.1 Å². The van der Waals surface area contributed by atoms with Crippen molar-refractivity contribution in [3.05, 3.63) is 89.5 Å². The summed E-state index contributed by atoms with van der Waals surface area (Å²) in [5.74, 6) is -0.853. The number of carbonyl (C=O) groups is 2. The highest BCUT2D eigenvalue weighted by Gasteiger charge is 2.26. The number of benzene rings is 3. The van der Waals surface area contributed by atoms with Gasteiger partial charge in [-0.3, -0.25) is 13.9 Å². The lowest BCUT2D eigenvalue weighted by molar-refractivity contribution is 0.0920. The third kappa shape index (κ3) is 5.63. The molecule has 0 aromatic heterocycles. The SMILES string of the molecule is Cc1ccc(S(=O)(=O)N(C)c2ccccc2C(=O)Nc2ccccc2C(=O)NC(C)(C)C)cc1. The van der Waals surface area contributed by atoms with E-state index in [0.717, 1.165) is 9.87 Å². The monoisotopic (exact) mass is 479 g/mol. The lowest BCUT2D eigenvalue weighted by atomic mass is 10.1. The van der Waals surface area contributed by atoms with Crippen LogP contribution in [0.3, 0.4) is 0 Å². The summed E-state index contributed by atoms with van der Waals surface area (Å²) in [6.07, 6.45) is 0. The zero-order chi connectivity index (χ0) is 25.1. The molecule has 3 rings (SSSR count). The van der Waals surface area contributed by atoms with Crippen molar-refractivity contribution in [3.8, 4) is 0 Å². The van der Waals surface area contributed by atoms with E-state index in [1.807, 2.05) is 27.7 Å². The molecule has 0 atom stereocenters. The third-order valence-electron chi connectivity index (χ3n) is 5.08. The van der Waals surface area contributed by atoms with Gasteiger partial charge in [-0.15, -0.1) is 0 Å². The molecular formula is C26H29N3O4S. The van der Waals surface area contributed by atoms with Crippen LogP contribution in [0, 0.1) is 6.92 Å². The molecule has 7 nitrogen and oxygen atoms in total. The lowest BCUT2D eigenvalue weighted by Crippen LogP contribution is -2.40. The van der Waals surface area contributed by atoms with Gasteiger partial charge < -0.3 is 10.6 Å². The van der Waals surface area contributed by atoms with Crippen LogP contribution < -0.4 is 14.9 Å². The summed E-state index contributed by atoms with van der Waals surface area (Å²) in [7, 11) is -2.48. The van der Waals surface area contributed by atoms with Crippen LogP contribution in [0.25, 0.3) is 0 Å². The number of rotatable bonds is 6. The first-order chi connectivity index (χ1) is 15.9. The number of carbonyl (C=O) groups excluding carboxylic acids is 2. The predicted octanol–water partition coefficient (Wildman–Crippen LogP) is 4.60. The van der Waals surface area contributed by atoms with Crippen LogP contribution >= 0.6 is 0 Å². The number of sulfonamides is 1. The number of amides is 2. The van der Waals surface area contributed by atoms with Gasteiger partial charge in [0.15, 0.2) is 0 Å². The summed E-state index contributed by atoms with van der Waals surface area (Å²) < 4.78 is 27.5. The molecule has 0 bridgehead atoms. The Morgan fingerprint density at radius 1 is 0.794 bits per heavy atom. The van der Waals surface area contributed by atoms with Crippen LogP contribution in [0.5, 0.6) is 0 Å². The van der Waals surface area contributed by atoms with Gasteiger partial charge in [0.25, 0.3) is 21.8 Å². The number of para-hydroxylation sites is 2. The third-order valence-corrected chi connectivity index (χ3v) is 6.86. The van der Waals surface area contributed by atoms with Crippen LogP contribution in [0.2, 0.25) is 0 Å². The maximum atomic E-state index is 13.2. The Hall–Kier alpha value is -3.65. The minimum absolute atomic E-state index is 0.125. The summed E-state index contributed by atoms with van der Waals surface area (Å²) in [6, 6.07) is 19.6. The highest BCUT2D eigenvalue weighted by Crippen LogP contribution is 2.27. The largest absolute Gasteiger partial charge is 0.347 e. The lowest BCUT2D eigenvalue weighted by Gasteiger charge is -2.23. The van der Waals surface area contributed by atoms with Gasteiger partial charge in [-0.2, -0.15) is 0 Å². The molecule has 0 saturated carbocycles. The molecule has 2 amide bonds. The minimum Gasteiger partial charge on any atom is -0.347 e. The molecule has 0 radical (unpaired) electrons. The second kappa shape index (κ2) is 9.69. The maximum absolute atomic E-state index is 13.2. The number of nitrogens with zero attached hydrogens (tertiary/aromatic N) is 1. The van der Waals surface area contributed by atoms with Crippen molar-refractivity contribution < 1.29 is 18.0 Å². The van der Waals surface area contributed by atoms with Gasteiger partial charge in [0.1, 0.15) is 0 Å². The predicted molar refractivity (Wildman–Crippen MR) is 135 cm³/mol. The maximum Gasteiger partial charge on any atom is 0.264 e. The average Bonchev–Trinajstić information content (AvgIpc) is 2.78. The summed E-state index contributed by atoms with van der Waals surface area (Å²) in [6.45, 7) is 7.48. The normalized spacial score (nSPS) is 11.6. The summed E-state index contributed by atoms with van der Waals surface area (Å²) in [5.41, 5.74) is 1.50. The molecule has 0 heterocycles. The standard InChI is InChI=1S/C26H29N3O4S/c1-18-14-16-19(17-15-18)34(32,33)29(5)23-13-9-7-11-21(23)24(30)27-22-12-8-6-10-20(22)25(31)28-26(2,3)4/h6-17H,1-5H3,(H,27,30)(H,28,31). The Balaban J connectivity index is 1.93. The van der Waals surface area contributed by atoms with E-state index in [1.165, 1.54) is 19.2 Å². The van der Waals surface area contributed by atoms with Gasteiger partial charge >= 0.3 is 0 Å². The Labute approximate surface area is 200 Å². The van der Waals surface area contributed by atoms with Gasteiger partial charge in [-0.25, -0.2) is 8.42 Å². The van der Waals surface area contributed by atoms with E-state index in [0.29, 0.717) is 11.3 Å². The van der Waals surface area contributed by atoms with Crippen molar-refractivity contribution in [1.82, 2.24) is 5.32 Å². The Morgan fingerprint density at radius 2 is 1.35 bits per heavy atom. The van der Waals surface area contributed by atoms with Crippen LogP contribution in [-0.2, 0) is 10.0 Å². The van der Waals surface area contributed by atoms with Crippen molar-refractivity contribution in [2.75, 3.05) is 16.7 Å². The summed E-state index contributed by atoms with van der Waals surface area (Å²) in [5, 5.41) is 5.65. The van der Waals surface area contributed by atoms with Gasteiger partial charge in [0.05, 0.1) is 27.4 Å². The summed E-state index contributed by atoms with van der Waals surface area (Å²) >= 11 is 0. The van der Waals surface area contributed by atoms with Crippen LogP contribution in [0.4, 0.5) is 11.4 Å². The molecule has 2 N–H and O–H groups in total. The second-order valence-electron chi connectivity index (χ2n) is 9.01. The highest BCUT2D eigenvalue weighted by molar-refractivity contribution is 7.92. The van der Waals surface area contributed by atoms with Gasteiger partial charge in [-0.1, -0.05) is 42.0 Å². The van der Waals surface area contributed by atoms with Gasteiger partial charge in [-0.05, 0) is 64.1 Å². The summed E-state index contributed by atoms with van der Waals surface area (Å²) in [4.78, 5) is 26.1. The smallest absolute Gasteiger partial charge is 0.264 e. The zero-order valence-electron chi connectivity index (χ0n) is 19.9. The van der Waals surface area contributed by atoms with Crippen molar-refractivity contribution in [2.24, 2.45) is 0 Å². The van der Waals surface area contributed by atoms with E-state index in [9.17, 15) is 18.0 Å². The Kier molecular flexibility index (Phi) is 7.12. The molecule has 0 unspecified atom stereocenters. The van der Waals surface area contributed by atoms with Crippen LogP contribution in [-0.4, -0.2) is 32.8 Å². The molecule has 34 heavy (non-hydrogen) atoms. The molecule has 0 aliphatic heterocycles. The van der Waals surface area contributed by atoms with Crippen molar-refractivity contribution in [1.29, 1.82) is 0 Å². The molecule has 3 aromatic carbocycles. The topological polar surface area (TPSA) is 95.6 Å². The number of nitrogens with one attached hydrogen (secondary N) is 2. The first-order valence-corrected chi connectivity index (χ1v) is 12.2. The van der Waals surface area contributed by atoms with E-state index >= 15 is 0 Å². The second-order valence-corrected chi connectivity index (χ2v) is 11.0. The molecule has 0 fully saturated rings. The fourth-order valence-corrected chi connectivity index (χ4v) is 4.54. The van der Waals surface area contributed by atoms with E-state index in [4.69, 9.17) is 0 Å². The zero-order valence-corrected chi connectivity index (χ0v) is 20.7. The molecule has 0 aliphatic rings. The number of hydrogen-bond donors (Lipinski definition) is 2. The molecule has 0 spiro atoms. The fourth-order valence-electron chi connectivity index (χ4n) is 3.33. The number of aryl methyl sites for hydroxylation is 1. The Morgan fingerprint density at radius 3 is 1.97 bits per heavy atom. The quantitative estimate of drug-likeness (QED) is 0.540. The van der Waals surface area contributed by atoms with E-state index in [2.05, 4.69) is 10.6 Å². The van der Waals surface area contributed by atoms with Crippen molar-refractivity contribution in [2.45, 2.75) is 38.1 Å². The molecule has 0 aliphatic carbocycles. The number of hydrogen-bond acceptors (Lipinski definition) is 4. The van der Waals surface area contributed by atoms with Crippen molar-refractivity contribution in [3.63, 3.8) is 0 Å². The van der Waals surface area contributed by atoms with Crippen molar-refractivity contribution >= 4 is 33.2 Å².